The molecule has 2 aromatic carbocycles. The molecule has 0 amide bonds. The first-order valence-electron chi connectivity index (χ1n) is 11.3. The second-order valence-electron chi connectivity index (χ2n) is 8.61. The maximum Gasteiger partial charge on any atom is 0.308 e. The number of aromatic nitrogens is 2. The van der Waals surface area contributed by atoms with Crippen LogP contribution in [-0.2, 0) is 16.1 Å². The summed E-state index contributed by atoms with van der Waals surface area (Å²) in [5.41, 5.74) is 4.36. The maximum absolute atomic E-state index is 11.6. The van der Waals surface area contributed by atoms with Crippen molar-refractivity contribution in [2.75, 3.05) is 44.3 Å². The number of fused-ring (bicyclic) bond motifs is 1. The molecular formula is C25H28N4O3. The third-order valence-corrected chi connectivity index (χ3v) is 6.46. The van der Waals surface area contributed by atoms with E-state index in [0.29, 0.717) is 13.0 Å². The van der Waals surface area contributed by atoms with Crippen LogP contribution < -0.4 is 4.90 Å². The molecule has 7 nitrogen and oxygen atoms in total. The molecular weight excluding hydrogens is 404 g/mol. The number of carbonyl (C=O) groups is 1. The number of benzene rings is 2. The topological polar surface area (TPSA) is 78.8 Å². The number of aliphatic carboxylic acids is 1. The second kappa shape index (κ2) is 9.22. The average molecular weight is 433 g/mol. The number of nitrogens with zero attached hydrogens (tertiary/aromatic N) is 4. The van der Waals surface area contributed by atoms with Gasteiger partial charge in [-0.3, -0.25) is 9.69 Å². The molecule has 3 aromatic rings. The van der Waals surface area contributed by atoms with Crippen LogP contribution in [0.15, 0.2) is 48.8 Å². The maximum atomic E-state index is 11.6. The fourth-order valence-electron chi connectivity index (χ4n) is 4.80. The van der Waals surface area contributed by atoms with E-state index in [9.17, 15) is 9.90 Å². The van der Waals surface area contributed by atoms with Crippen molar-refractivity contribution in [1.82, 2.24) is 14.9 Å². The summed E-state index contributed by atoms with van der Waals surface area (Å²) >= 11 is 0. The second-order valence-corrected chi connectivity index (χ2v) is 8.61. The molecule has 5 rings (SSSR count). The lowest BCUT2D eigenvalue weighted by Crippen LogP contribution is -2.39. The molecule has 2 fully saturated rings. The third kappa shape index (κ3) is 4.31. The molecule has 1 N–H and O–H groups in total. The number of carboxylic acid groups (broad SMARTS) is 1. The number of carboxylic acids is 1. The molecule has 7 heteroatoms. The third-order valence-electron chi connectivity index (χ3n) is 6.46. The van der Waals surface area contributed by atoms with E-state index in [1.165, 1.54) is 5.56 Å². The lowest BCUT2D eigenvalue weighted by Gasteiger charge is -2.32. The van der Waals surface area contributed by atoms with E-state index in [-0.39, 0.29) is 5.92 Å². The van der Waals surface area contributed by atoms with Crippen molar-refractivity contribution in [1.29, 1.82) is 0 Å². The smallest absolute Gasteiger partial charge is 0.308 e. The SMILES string of the molecule is O=C(O)C1CCCN(c2ncnc3cccc(-c4cccc(CN5CCOCC5)c4)c23)C1. The number of hydrogen-bond acceptors (Lipinski definition) is 6. The molecule has 0 bridgehead atoms. The number of hydrogen-bond donors (Lipinski definition) is 1. The van der Waals surface area contributed by atoms with Crippen molar-refractivity contribution in [2.24, 2.45) is 5.92 Å². The van der Waals surface area contributed by atoms with Crippen molar-refractivity contribution >= 4 is 22.7 Å². The largest absolute Gasteiger partial charge is 0.481 e. The van der Waals surface area contributed by atoms with Gasteiger partial charge in [-0.1, -0.05) is 30.3 Å². The molecule has 166 valence electrons. The first-order chi connectivity index (χ1) is 15.7. The first-order valence-corrected chi connectivity index (χ1v) is 11.3. The summed E-state index contributed by atoms with van der Waals surface area (Å²) < 4.78 is 5.47. The van der Waals surface area contributed by atoms with Crippen LogP contribution in [0.1, 0.15) is 18.4 Å². The highest BCUT2D eigenvalue weighted by molar-refractivity contribution is 6.02. The lowest BCUT2D eigenvalue weighted by atomic mass is 9.96. The first kappa shape index (κ1) is 20.8. The van der Waals surface area contributed by atoms with Crippen molar-refractivity contribution in [3.8, 4) is 11.1 Å². The minimum atomic E-state index is -0.732. The monoisotopic (exact) mass is 432 g/mol. The predicted octanol–water partition coefficient (Wildman–Crippen LogP) is 3.43. The summed E-state index contributed by atoms with van der Waals surface area (Å²) in [5.74, 6) is -0.267. The predicted molar refractivity (Wildman–Crippen MR) is 124 cm³/mol. The molecule has 0 saturated carbocycles. The van der Waals surface area contributed by atoms with Gasteiger partial charge >= 0.3 is 5.97 Å². The summed E-state index contributed by atoms with van der Waals surface area (Å²) in [6, 6.07) is 14.8. The van der Waals surface area contributed by atoms with Crippen LogP contribution in [-0.4, -0.2) is 65.3 Å². The van der Waals surface area contributed by atoms with Gasteiger partial charge in [-0.25, -0.2) is 9.97 Å². The van der Waals surface area contributed by atoms with Gasteiger partial charge in [-0.2, -0.15) is 0 Å². The summed E-state index contributed by atoms with van der Waals surface area (Å²) in [5, 5.41) is 10.5. The number of anilines is 1. The van der Waals surface area contributed by atoms with Gasteiger partial charge in [0, 0.05) is 32.7 Å². The van der Waals surface area contributed by atoms with Crippen molar-refractivity contribution < 1.29 is 14.6 Å². The molecule has 0 spiro atoms. The highest BCUT2D eigenvalue weighted by atomic mass is 16.5. The molecule has 2 aliphatic rings. The summed E-state index contributed by atoms with van der Waals surface area (Å²) in [6.07, 6.45) is 3.14. The average Bonchev–Trinajstić information content (AvgIpc) is 2.84. The fourth-order valence-corrected chi connectivity index (χ4v) is 4.80. The highest BCUT2D eigenvalue weighted by Crippen LogP contribution is 2.35. The Labute approximate surface area is 187 Å². The quantitative estimate of drug-likeness (QED) is 0.662. The summed E-state index contributed by atoms with van der Waals surface area (Å²) in [4.78, 5) is 25.3. The van der Waals surface area contributed by atoms with Crippen molar-refractivity contribution in [3.05, 3.63) is 54.4 Å². The van der Waals surface area contributed by atoms with Crippen LogP contribution in [0.3, 0.4) is 0 Å². The molecule has 1 atom stereocenters. The molecule has 32 heavy (non-hydrogen) atoms. The number of morpholine rings is 1. The molecule has 1 aromatic heterocycles. The number of piperidine rings is 1. The Morgan fingerprint density at radius 3 is 2.78 bits per heavy atom. The molecule has 0 radical (unpaired) electrons. The minimum absolute atomic E-state index is 0.363. The van der Waals surface area contributed by atoms with Crippen LogP contribution >= 0.6 is 0 Å². The summed E-state index contributed by atoms with van der Waals surface area (Å²) in [7, 11) is 0. The highest BCUT2D eigenvalue weighted by Gasteiger charge is 2.27. The lowest BCUT2D eigenvalue weighted by molar-refractivity contribution is -0.141. The zero-order chi connectivity index (χ0) is 21.9. The molecule has 3 heterocycles. The van der Waals surface area contributed by atoms with Crippen LogP contribution in [0, 0.1) is 5.92 Å². The van der Waals surface area contributed by atoms with Gasteiger partial charge in [0.05, 0.1) is 30.0 Å². The van der Waals surface area contributed by atoms with Crippen LogP contribution in [0.25, 0.3) is 22.0 Å². The molecule has 2 aliphatic heterocycles. The Morgan fingerprint density at radius 1 is 1.09 bits per heavy atom. The summed E-state index contributed by atoms with van der Waals surface area (Å²) in [6.45, 7) is 5.67. The Bertz CT molecular complexity index is 1110. The van der Waals surface area contributed by atoms with E-state index in [1.54, 1.807) is 6.33 Å². The fraction of sp³-hybridized carbons (Fsp3) is 0.400. The van der Waals surface area contributed by atoms with Crippen LogP contribution in [0.2, 0.25) is 0 Å². The van der Waals surface area contributed by atoms with E-state index < -0.39 is 5.97 Å². The van der Waals surface area contributed by atoms with Crippen molar-refractivity contribution in [3.63, 3.8) is 0 Å². The van der Waals surface area contributed by atoms with E-state index in [1.807, 2.05) is 12.1 Å². The Kier molecular flexibility index (Phi) is 6.01. The van der Waals surface area contributed by atoms with Gasteiger partial charge in [-0.05, 0) is 41.7 Å². The zero-order valence-corrected chi connectivity index (χ0v) is 18.1. The van der Waals surface area contributed by atoms with Crippen LogP contribution in [0.5, 0.6) is 0 Å². The van der Waals surface area contributed by atoms with E-state index in [4.69, 9.17) is 4.74 Å². The minimum Gasteiger partial charge on any atom is -0.481 e. The van der Waals surface area contributed by atoms with Crippen molar-refractivity contribution in [2.45, 2.75) is 19.4 Å². The molecule has 0 aliphatic carbocycles. The number of rotatable bonds is 5. The Hall–Kier alpha value is -3.03. The van der Waals surface area contributed by atoms with Gasteiger partial charge in [0.15, 0.2) is 0 Å². The van der Waals surface area contributed by atoms with E-state index in [2.05, 4.69) is 50.1 Å². The normalized spacial score (nSPS) is 19.9. The van der Waals surface area contributed by atoms with Gasteiger partial charge < -0.3 is 14.7 Å². The van der Waals surface area contributed by atoms with Gasteiger partial charge in [0.2, 0.25) is 0 Å². The standard InChI is InChI=1S/C25H28N4O3/c30-25(31)20-6-3-9-29(16-20)24-23-21(7-2-8-22(23)26-17-27-24)19-5-1-4-18(14-19)15-28-10-12-32-13-11-28/h1-2,4-5,7-8,14,17,20H,3,6,9-13,15-16H2,(H,30,31). The van der Waals surface area contributed by atoms with E-state index in [0.717, 1.165) is 73.7 Å². The molecule has 1 unspecified atom stereocenters. The Balaban J connectivity index is 1.52. The zero-order valence-electron chi connectivity index (χ0n) is 18.1. The molecule has 2 saturated heterocycles. The van der Waals surface area contributed by atoms with Gasteiger partial charge in [0.25, 0.3) is 0 Å². The number of ether oxygens (including phenoxy) is 1. The van der Waals surface area contributed by atoms with Crippen LogP contribution in [0.4, 0.5) is 5.82 Å². The van der Waals surface area contributed by atoms with Gasteiger partial charge in [-0.15, -0.1) is 0 Å². The van der Waals surface area contributed by atoms with Gasteiger partial charge in [0.1, 0.15) is 12.1 Å². The van der Waals surface area contributed by atoms with E-state index >= 15 is 0 Å². The Morgan fingerprint density at radius 2 is 1.94 bits per heavy atom.